The topological polar surface area (TPSA) is 32.3 Å². The Kier molecular flexibility index (Phi) is 5.87. The lowest BCUT2D eigenvalue weighted by Gasteiger charge is -2.33. The second-order valence-electron chi connectivity index (χ2n) is 7.00. The molecule has 0 aromatic heterocycles. The molecule has 0 radical (unpaired) electrons. The van der Waals surface area contributed by atoms with Crippen LogP contribution >= 0.6 is 0 Å². The summed E-state index contributed by atoms with van der Waals surface area (Å²) in [5, 5.41) is 3.16. The quantitative estimate of drug-likeness (QED) is 0.817. The van der Waals surface area contributed by atoms with Crippen molar-refractivity contribution in [2.45, 2.75) is 38.6 Å². The molecule has 3 rings (SSSR count). The molecule has 1 saturated heterocycles. The van der Waals surface area contributed by atoms with Gasteiger partial charge in [-0.25, -0.2) is 0 Å². The third-order valence-electron chi connectivity index (χ3n) is 5.00. The maximum atomic E-state index is 12.1. The zero-order chi connectivity index (χ0) is 15.9. The van der Waals surface area contributed by atoms with Crippen molar-refractivity contribution in [3.8, 4) is 0 Å². The van der Waals surface area contributed by atoms with Crippen molar-refractivity contribution >= 4 is 5.91 Å². The first-order valence-corrected chi connectivity index (χ1v) is 8.99. The van der Waals surface area contributed by atoms with Crippen LogP contribution in [0.5, 0.6) is 0 Å². The van der Waals surface area contributed by atoms with E-state index in [0.29, 0.717) is 18.3 Å². The molecule has 1 aliphatic carbocycles. The Hall–Kier alpha value is -1.61. The molecule has 1 amide bonds. The van der Waals surface area contributed by atoms with Gasteiger partial charge < -0.3 is 5.32 Å². The van der Waals surface area contributed by atoms with Crippen LogP contribution in [0.2, 0.25) is 0 Å². The molecule has 2 atom stereocenters. The Morgan fingerprint density at radius 2 is 2.09 bits per heavy atom. The minimum absolute atomic E-state index is 0.224. The summed E-state index contributed by atoms with van der Waals surface area (Å²) in [5.74, 6) is 1.29. The number of rotatable bonds is 6. The summed E-state index contributed by atoms with van der Waals surface area (Å²) in [6.07, 6.45) is 9.80. The highest BCUT2D eigenvalue weighted by Crippen LogP contribution is 2.21. The van der Waals surface area contributed by atoms with Gasteiger partial charge in [0.2, 0.25) is 5.91 Å². The molecular weight excluding hydrogens is 284 g/mol. The van der Waals surface area contributed by atoms with Gasteiger partial charge in [-0.2, -0.15) is 0 Å². The molecule has 3 nitrogen and oxygen atoms in total. The fourth-order valence-corrected chi connectivity index (χ4v) is 3.74. The molecule has 23 heavy (non-hydrogen) atoms. The predicted molar refractivity (Wildman–Crippen MR) is 93.9 cm³/mol. The van der Waals surface area contributed by atoms with Crippen LogP contribution in [0.3, 0.4) is 0 Å². The first-order valence-electron chi connectivity index (χ1n) is 8.99. The zero-order valence-electron chi connectivity index (χ0n) is 13.9. The van der Waals surface area contributed by atoms with E-state index in [1.54, 1.807) is 0 Å². The highest BCUT2D eigenvalue weighted by Gasteiger charge is 2.21. The first kappa shape index (κ1) is 16.3. The molecule has 0 bridgehead atoms. The minimum atomic E-state index is 0.224. The molecule has 0 spiro atoms. The third kappa shape index (κ3) is 5.21. The molecule has 1 fully saturated rings. The number of hydrogen-bond acceptors (Lipinski definition) is 2. The van der Waals surface area contributed by atoms with Gasteiger partial charge in [-0.3, -0.25) is 9.69 Å². The van der Waals surface area contributed by atoms with Crippen molar-refractivity contribution in [2.75, 3.05) is 19.6 Å². The number of nitrogens with one attached hydrogen (secondary N) is 1. The van der Waals surface area contributed by atoms with E-state index in [1.165, 1.54) is 24.9 Å². The first-order chi connectivity index (χ1) is 11.3. The number of allylic oxidation sites excluding steroid dienone is 2. The fraction of sp³-hybridized carbons (Fsp3) is 0.550. The largest absolute Gasteiger partial charge is 0.356 e. The molecule has 1 aliphatic heterocycles. The van der Waals surface area contributed by atoms with Crippen LogP contribution in [-0.2, 0) is 11.3 Å². The van der Waals surface area contributed by atoms with E-state index in [2.05, 4.69) is 52.7 Å². The second kappa shape index (κ2) is 8.30. The van der Waals surface area contributed by atoms with Crippen LogP contribution in [0.1, 0.15) is 37.7 Å². The zero-order valence-corrected chi connectivity index (χ0v) is 13.9. The Morgan fingerprint density at radius 1 is 1.22 bits per heavy atom. The summed E-state index contributed by atoms with van der Waals surface area (Å²) in [6.45, 7) is 4.13. The summed E-state index contributed by atoms with van der Waals surface area (Å²) < 4.78 is 0. The number of piperidine rings is 1. The molecular formula is C20H28N2O. The molecule has 1 N–H and O–H groups in total. The Balaban J connectivity index is 1.39. The predicted octanol–water partition coefficient (Wildman–Crippen LogP) is 3.37. The Morgan fingerprint density at radius 3 is 2.87 bits per heavy atom. The molecule has 124 valence electrons. The summed E-state index contributed by atoms with van der Waals surface area (Å²) in [4.78, 5) is 14.6. The number of carbonyl (C=O) groups is 1. The molecule has 1 aromatic carbocycles. The normalized spacial score (nSPS) is 24.7. The van der Waals surface area contributed by atoms with Crippen LogP contribution in [0.4, 0.5) is 0 Å². The van der Waals surface area contributed by atoms with Gasteiger partial charge in [0.1, 0.15) is 0 Å². The van der Waals surface area contributed by atoms with Gasteiger partial charge in [-0.1, -0.05) is 42.5 Å². The van der Waals surface area contributed by atoms with Crippen LogP contribution in [0.15, 0.2) is 42.5 Å². The van der Waals surface area contributed by atoms with E-state index in [9.17, 15) is 4.79 Å². The lowest BCUT2D eigenvalue weighted by atomic mass is 9.97. The highest BCUT2D eigenvalue weighted by atomic mass is 16.1. The van der Waals surface area contributed by atoms with Crippen LogP contribution in [0.25, 0.3) is 0 Å². The van der Waals surface area contributed by atoms with E-state index in [4.69, 9.17) is 0 Å². The van der Waals surface area contributed by atoms with Gasteiger partial charge >= 0.3 is 0 Å². The van der Waals surface area contributed by atoms with Gasteiger partial charge in [0.25, 0.3) is 0 Å². The number of hydrogen-bond donors (Lipinski definition) is 1. The van der Waals surface area contributed by atoms with Crippen LogP contribution < -0.4 is 5.32 Å². The maximum Gasteiger partial charge on any atom is 0.220 e. The van der Waals surface area contributed by atoms with Crippen molar-refractivity contribution < 1.29 is 4.79 Å². The number of likely N-dealkylation sites (tertiary alicyclic amines) is 1. The van der Waals surface area contributed by atoms with Crippen molar-refractivity contribution in [3.05, 3.63) is 48.0 Å². The van der Waals surface area contributed by atoms with E-state index in [0.717, 1.165) is 32.5 Å². The number of nitrogens with zero attached hydrogens (tertiary/aromatic N) is 1. The minimum Gasteiger partial charge on any atom is -0.356 e. The van der Waals surface area contributed by atoms with Gasteiger partial charge in [0.15, 0.2) is 0 Å². The molecule has 0 saturated carbocycles. The summed E-state index contributed by atoms with van der Waals surface area (Å²) in [5.41, 5.74) is 1.38. The highest BCUT2D eigenvalue weighted by molar-refractivity contribution is 5.76. The van der Waals surface area contributed by atoms with E-state index in [1.807, 2.05) is 0 Å². The Labute approximate surface area is 139 Å². The third-order valence-corrected chi connectivity index (χ3v) is 5.00. The standard InChI is InChI=1S/C20H28N2O/c23-20(13-17-7-4-5-8-17)21-14-19-11-6-12-22(16-19)15-18-9-2-1-3-10-18/h1-4,7,9-10,17,19H,5-6,8,11-16H2,(H,21,23)/t17-,19+/m1/s1. The van der Waals surface area contributed by atoms with Gasteiger partial charge in [0.05, 0.1) is 0 Å². The van der Waals surface area contributed by atoms with E-state index in [-0.39, 0.29) is 5.91 Å². The fourth-order valence-electron chi connectivity index (χ4n) is 3.74. The van der Waals surface area contributed by atoms with Crippen LogP contribution in [-0.4, -0.2) is 30.4 Å². The van der Waals surface area contributed by atoms with Crippen molar-refractivity contribution in [1.29, 1.82) is 0 Å². The number of amides is 1. The Bertz CT molecular complexity index is 526. The van der Waals surface area contributed by atoms with Gasteiger partial charge in [-0.15, -0.1) is 0 Å². The van der Waals surface area contributed by atoms with E-state index >= 15 is 0 Å². The average molecular weight is 312 g/mol. The molecule has 0 unspecified atom stereocenters. The van der Waals surface area contributed by atoms with Gasteiger partial charge in [-0.05, 0) is 49.6 Å². The molecule has 2 aliphatic rings. The van der Waals surface area contributed by atoms with Gasteiger partial charge in [0, 0.05) is 26.1 Å². The SMILES string of the molecule is O=C(C[C@@H]1C=CCC1)NC[C@@H]1CCCN(Cc2ccccc2)C1. The smallest absolute Gasteiger partial charge is 0.220 e. The molecule has 1 aromatic rings. The van der Waals surface area contributed by atoms with Crippen molar-refractivity contribution in [1.82, 2.24) is 10.2 Å². The van der Waals surface area contributed by atoms with Crippen molar-refractivity contribution in [2.24, 2.45) is 11.8 Å². The van der Waals surface area contributed by atoms with Crippen molar-refractivity contribution in [3.63, 3.8) is 0 Å². The maximum absolute atomic E-state index is 12.1. The lowest BCUT2D eigenvalue weighted by Crippen LogP contribution is -2.40. The summed E-state index contributed by atoms with van der Waals surface area (Å²) in [7, 11) is 0. The summed E-state index contributed by atoms with van der Waals surface area (Å²) >= 11 is 0. The summed E-state index contributed by atoms with van der Waals surface area (Å²) in [6, 6.07) is 10.7. The lowest BCUT2D eigenvalue weighted by molar-refractivity contribution is -0.122. The molecule has 1 heterocycles. The average Bonchev–Trinajstić information content (AvgIpc) is 3.07. The number of carbonyl (C=O) groups excluding carboxylic acids is 1. The van der Waals surface area contributed by atoms with E-state index < -0.39 is 0 Å². The van der Waals surface area contributed by atoms with Crippen LogP contribution in [0, 0.1) is 11.8 Å². The molecule has 3 heteroatoms. The monoisotopic (exact) mass is 312 g/mol. The number of benzene rings is 1. The second-order valence-corrected chi connectivity index (χ2v) is 7.00.